The molecule has 0 atom stereocenters. The smallest absolute Gasteiger partial charge is 0.348 e. The van der Waals surface area contributed by atoms with Gasteiger partial charge in [0.1, 0.15) is 28.5 Å². The second kappa shape index (κ2) is 10.6. The molecule has 0 saturated carbocycles. The molecule has 0 spiro atoms. The lowest BCUT2D eigenvalue weighted by Crippen LogP contribution is -2.05. The number of thiophene rings is 1. The van der Waals surface area contributed by atoms with E-state index in [1.807, 2.05) is 12.1 Å². The summed E-state index contributed by atoms with van der Waals surface area (Å²) in [6.45, 7) is 5.23. The van der Waals surface area contributed by atoms with Crippen LogP contribution < -0.4 is 0 Å². The van der Waals surface area contributed by atoms with Crippen molar-refractivity contribution in [1.82, 2.24) is 0 Å². The van der Waals surface area contributed by atoms with Crippen LogP contribution in [0.5, 0.6) is 0 Å². The molecular weight excluding hydrogens is 470 g/mol. The van der Waals surface area contributed by atoms with Gasteiger partial charge < -0.3 is 9.15 Å². The molecule has 0 aliphatic rings. The maximum atomic E-state index is 12.9. The Morgan fingerprint density at radius 2 is 1.97 bits per heavy atom. The van der Waals surface area contributed by atoms with Crippen molar-refractivity contribution in [2.75, 3.05) is 6.61 Å². The number of nitriles is 2. The van der Waals surface area contributed by atoms with Crippen molar-refractivity contribution in [2.24, 2.45) is 0 Å². The third kappa shape index (κ3) is 5.35. The molecule has 1 aromatic carbocycles. The molecule has 10 heteroatoms. The molecular formula is C25H19N3O6S. The van der Waals surface area contributed by atoms with Gasteiger partial charge in [-0.25, -0.2) is 4.79 Å². The van der Waals surface area contributed by atoms with Gasteiger partial charge in [0.2, 0.25) is 0 Å². The first kappa shape index (κ1) is 25.1. The summed E-state index contributed by atoms with van der Waals surface area (Å²) in [6, 6.07) is 11.4. The van der Waals surface area contributed by atoms with E-state index < -0.39 is 16.7 Å². The lowest BCUT2D eigenvalue weighted by atomic mass is 10.0. The van der Waals surface area contributed by atoms with Gasteiger partial charge in [-0.05, 0) is 44.0 Å². The van der Waals surface area contributed by atoms with E-state index in [0.29, 0.717) is 21.8 Å². The number of nitrogens with zero attached hydrogens (tertiary/aromatic N) is 3. The van der Waals surface area contributed by atoms with E-state index >= 15 is 0 Å². The Bertz CT molecular complexity index is 1450. The molecule has 0 amide bonds. The van der Waals surface area contributed by atoms with Gasteiger partial charge in [-0.15, -0.1) is 11.3 Å². The molecule has 0 bridgehead atoms. The van der Waals surface area contributed by atoms with Gasteiger partial charge in [-0.1, -0.05) is 6.07 Å². The molecule has 176 valence electrons. The summed E-state index contributed by atoms with van der Waals surface area (Å²) in [4.78, 5) is 36.2. The molecule has 0 N–H and O–H groups in total. The number of aryl methyl sites for hydroxylation is 1. The van der Waals surface area contributed by atoms with E-state index in [4.69, 9.17) is 9.15 Å². The Kier molecular flexibility index (Phi) is 7.59. The molecule has 0 unspecified atom stereocenters. The third-order valence-corrected chi connectivity index (χ3v) is 6.42. The number of nitro groups is 1. The number of carbonyl (C=O) groups is 2. The summed E-state index contributed by atoms with van der Waals surface area (Å²) in [5.41, 5.74) is 1.63. The number of ether oxygens (including phenoxy) is 1. The SMILES string of the molecule is CCOC(=O)c1sc(CC(=O)C(C#N)=Cc2ccc(-c3cc([N+](=O)[O-])ccc3C)o2)c(C#N)c1C. The molecule has 2 heterocycles. The monoisotopic (exact) mass is 489 g/mol. The van der Waals surface area contributed by atoms with E-state index in [1.54, 1.807) is 39.0 Å². The van der Waals surface area contributed by atoms with Crippen LogP contribution in [0.1, 0.15) is 43.9 Å². The minimum Gasteiger partial charge on any atom is -0.462 e. The summed E-state index contributed by atoms with van der Waals surface area (Å²) < 4.78 is 10.7. The average molecular weight is 490 g/mol. The van der Waals surface area contributed by atoms with E-state index in [1.165, 1.54) is 18.2 Å². The Morgan fingerprint density at radius 1 is 1.23 bits per heavy atom. The van der Waals surface area contributed by atoms with Crippen LogP contribution in [-0.2, 0) is 16.0 Å². The Hall–Kier alpha value is -4.54. The molecule has 0 aliphatic carbocycles. The summed E-state index contributed by atoms with van der Waals surface area (Å²) in [7, 11) is 0. The number of Topliss-reactive ketones (excluding diaryl/α,β-unsaturated/α-hetero) is 1. The normalized spacial score (nSPS) is 10.9. The topological polar surface area (TPSA) is 147 Å². The number of nitro benzene ring substituents is 1. The molecule has 2 aromatic heterocycles. The third-order valence-electron chi connectivity index (χ3n) is 5.15. The molecule has 0 aliphatic heterocycles. The number of furan rings is 1. The van der Waals surface area contributed by atoms with Gasteiger partial charge in [0, 0.05) is 35.1 Å². The fourth-order valence-corrected chi connectivity index (χ4v) is 4.51. The highest BCUT2D eigenvalue weighted by atomic mass is 32.1. The summed E-state index contributed by atoms with van der Waals surface area (Å²) in [5, 5.41) is 30.2. The highest BCUT2D eigenvalue weighted by Crippen LogP contribution is 2.31. The van der Waals surface area contributed by atoms with Crippen LogP contribution in [-0.4, -0.2) is 23.3 Å². The van der Waals surface area contributed by atoms with E-state index in [2.05, 4.69) is 0 Å². The predicted molar refractivity (Wildman–Crippen MR) is 128 cm³/mol. The zero-order valence-electron chi connectivity index (χ0n) is 19.1. The standard InChI is InChI=1S/C25H19N3O6S/c1-4-33-25(30)24-15(3)20(13-27)23(35-24)11-21(29)16(12-26)9-18-7-8-22(34-18)19-10-17(28(31)32)6-5-14(19)2/h5-10H,4,11H2,1-3H3. The lowest BCUT2D eigenvalue weighted by Gasteiger charge is -2.02. The average Bonchev–Trinajstić information content (AvgIpc) is 3.41. The zero-order chi connectivity index (χ0) is 25.7. The molecule has 0 radical (unpaired) electrons. The van der Waals surface area contributed by atoms with Crippen LogP contribution in [0.15, 0.2) is 40.3 Å². The van der Waals surface area contributed by atoms with Gasteiger partial charge in [-0.3, -0.25) is 14.9 Å². The fourth-order valence-electron chi connectivity index (χ4n) is 3.36. The highest BCUT2D eigenvalue weighted by molar-refractivity contribution is 7.14. The van der Waals surface area contributed by atoms with Crippen LogP contribution in [0.3, 0.4) is 0 Å². The second-order valence-electron chi connectivity index (χ2n) is 7.41. The molecule has 9 nitrogen and oxygen atoms in total. The maximum absolute atomic E-state index is 12.9. The predicted octanol–water partition coefficient (Wildman–Crippen LogP) is 5.30. The number of hydrogen-bond donors (Lipinski definition) is 0. The first-order valence-corrected chi connectivity index (χ1v) is 11.2. The van der Waals surface area contributed by atoms with E-state index in [-0.39, 0.29) is 40.5 Å². The van der Waals surface area contributed by atoms with Crippen molar-refractivity contribution in [3.8, 4) is 23.5 Å². The van der Waals surface area contributed by atoms with Gasteiger partial charge in [0.25, 0.3) is 5.69 Å². The van der Waals surface area contributed by atoms with Gasteiger partial charge >= 0.3 is 5.97 Å². The Balaban J connectivity index is 1.89. The van der Waals surface area contributed by atoms with Crippen molar-refractivity contribution in [3.63, 3.8) is 0 Å². The zero-order valence-corrected chi connectivity index (χ0v) is 19.9. The summed E-state index contributed by atoms with van der Waals surface area (Å²) in [6.07, 6.45) is 1.03. The quantitative estimate of drug-likeness (QED) is 0.136. The number of benzene rings is 1. The van der Waals surface area contributed by atoms with Crippen molar-refractivity contribution < 1.29 is 23.7 Å². The van der Waals surface area contributed by atoms with Crippen molar-refractivity contribution >= 4 is 34.9 Å². The molecule has 3 rings (SSSR count). The van der Waals surface area contributed by atoms with Crippen molar-refractivity contribution in [1.29, 1.82) is 10.5 Å². The molecule has 3 aromatic rings. The largest absolute Gasteiger partial charge is 0.462 e. The number of rotatable bonds is 8. The first-order chi connectivity index (χ1) is 16.7. The lowest BCUT2D eigenvalue weighted by molar-refractivity contribution is -0.384. The number of ketones is 1. The Labute approximate surface area is 204 Å². The van der Waals surface area contributed by atoms with E-state index in [0.717, 1.165) is 16.9 Å². The summed E-state index contributed by atoms with van der Waals surface area (Å²) in [5.74, 6) is -0.557. The van der Waals surface area contributed by atoms with Gasteiger partial charge in [0.15, 0.2) is 5.78 Å². The van der Waals surface area contributed by atoms with Crippen LogP contribution in [0.4, 0.5) is 5.69 Å². The van der Waals surface area contributed by atoms with Crippen LogP contribution >= 0.6 is 11.3 Å². The number of allylic oxidation sites excluding steroid dienone is 1. The van der Waals surface area contributed by atoms with Crippen molar-refractivity contribution in [3.05, 3.63) is 78.2 Å². The highest BCUT2D eigenvalue weighted by Gasteiger charge is 2.23. The summed E-state index contributed by atoms with van der Waals surface area (Å²) >= 11 is 0.995. The van der Waals surface area contributed by atoms with Gasteiger partial charge in [0.05, 0.1) is 22.7 Å². The van der Waals surface area contributed by atoms with Crippen LogP contribution in [0, 0.1) is 46.6 Å². The van der Waals surface area contributed by atoms with Crippen LogP contribution in [0.2, 0.25) is 0 Å². The number of hydrogen-bond acceptors (Lipinski definition) is 9. The Morgan fingerprint density at radius 3 is 2.60 bits per heavy atom. The molecule has 35 heavy (non-hydrogen) atoms. The number of non-ortho nitro benzene ring substituents is 1. The minimum atomic E-state index is -0.569. The molecule has 0 saturated heterocycles. The minimum absolute atomic E-state index is 0.0892. The maximum Gasteiger partial charge on any atom is 0.348 e. The number of carbonyl (C=O) groups excluding carboxylic acids is 2. The number of esters is 1. The van der Waals surface area contributed by atoms with E-state index in [9.17, 15) is 30.2 Å². The fraction of sp³-hybridized carbons (Fsp3) is 0.200. The van der Waals surface area contributed by atoms with Crippen LogP contribution in [0.25, 0.3) is 17.4 Å². The van der Waals surface area contributed by atoms with Gasteiger partial charge in [-0.2, -0.15) is 10.5 Å². The molecule has 0 fully saturated rings. The first-order valence-electron chi connectivity index (χ1n) is 10.4. The van der Waals surface area contributed by atoms with Crippen molar-refractivity contribution in [2.45, 2.75) is 27.2 Å². The second-order valence-corrected chi connectivity index (χ2v) is 8.52.